The molecule has 0 radical (unpaired) electrons. The van der Waals surface area contributed by atoms with Crippen molar-refractivity contribution in [2.75, 3.05) is 18.0 Å². The van der Waals surface area contributed by atoms with Crippen LogP contribution in [-0.2, 0) is 16.1 Å². The second-order valence-corrected chi connectivity index (χ2v) is 9.09. The topological polar surface area (TPSA) is 89.3 Å². The van der Waals surface area contributed by atoms with E-state index in [9.17, 15) is 9.59 Å². The van der Waals surface area contributed by atoms with Gasteiger partial charge >= 0.3 is 0 Å². The number of nitrogens with zero attached hydrogens (tertiary/aromatic N) is 4. The van der Waals surface area contributed by atoms with Gasteiger partial charge in [-0.15, -0.1) is 0 Å². The van der Waals surface area contributed by atoms with Gasteiger partial charge in [0.1, 0.15) is 17.9 Å². The average Bonchev–Trinajstić information content (AvgIpc) is 2.84. The smallest absolute Gasteiger partial charge is 0.243 e. The summed E-state index contributed by atoms with van der Waals surface area (Å²) in [6.07, 6.45) is 4.90. The molecule has 2 aromatic rings. The minimum Gasteiger partial charge on any atom is -0.356 e. The molecule has 4 heterocycles. The van der Waals surface area contributed by atoms with Gasteiger partial charge < -0.3 is 15.1 Å². The van der Waals surface area contributed by atoms with Crippen molar-refractivity contribution in [2.24, 2.45) is 11.8 Å². The van der Waals surface area contributed by atoms with Crippen LogP contribution in [0, 0.1) is 23.2 Å². The minimum atomic E-state index is -0.450. The number of piperidine rings is 3. The second-order valence-electron chi connectivity index (χ2n) is 9.09. The molecule has 1 aromatic carbocycles. The molecule has 0 saturated carbocycles. The first-order chi connectivity index (χ1) is 15.6. The number of benzene rings is 1. The first-order valence-electron chi connectivity index (χ1n) is 11.4. The van der Waals surface area contributed by atoms with Crippen molar-refractivity contribution in [3.63, 3.8) is 0 Å². The summed E-state index contributed by atoms with van der Waals surface area (Å²) in [6.45, 7) is 1.96. The third kappa shape index (κ3) is 3.81. The summed E-state index contributed by atoms with van der Waals surface area (Å²) in [5.74, 6) is 1.26. The van der Waals surface area contributed by atoms with Gasteiger partial charge in [-0.05, 0) is 42.9 Å². The fraction of sp³-hybridized carbons (Fsp3) is 0.440. The Morgan fingerprint density at radius 1 is 1.16 bits per heavy atom. The van der Waals surface area contributed by atoms with Crippen LogP contribution in [-0.4, -0.2) is 46.9 Å². The summed E-state index contributed by atoms with van der Waals surface area (Å²) in [7, 11) is 0. The number of anilines is 1. The van der Waals surface area contributed by atoms with Gasteiger partial charge in [-0.25, -0.2) is 4.98 Å². The number of pyridine rings is 1. The standard InChI is InChI=1S/C25H27N5O2/c26-12-18-9-10-22(27-14-18)29-15-19-11-20(16-29)24(30-21(19)7-4-8-23(30)31)25(32)28-13-17-5-2-1-3-6-17/h1-3,5-6,9-10,14,19-21,24H,4,7-8,11,13,15-16H2,(H,28,32)/t19-,20+,21+,24-/m1/s1. The summed E-state index contributed by atoms with van der Waals surface area (Å²) in [5, 5.41) is 12.2. The maximum Gasteiger partial charge on any atom is 0.243 e. The maximum absolute atomic E-state index is 13.4. The average molecular weight is 430 g/mol. The number of hydrogen-bond acceptors (Lipinski definition) is 5. The number of nitriles is 1. The molecule has 0 spiro atoms. The fourth-order valence-corrected chi connectivity index (χ4v) is 5.71. The summed E-state index contributed by atoms with van der Waals surface area (Å²) in [5.41, 5.74) is 1.58. The predicted octanol–water partition coefficient (Wildman–Crippen LogP) is 2.48. The number of fused-ring (bicyclic) bond motifs is 4. The van der Waals surface area contributed by atoms with E-state index in [1.165, 1.54) is 0 Å². The number of aromatic nitrogens is 1. The van der Waals surface area contributed by atoms with Crippen LogP contribution in [0.3, 0.4) is 0 Å². The molecule has 3 aliphatic heterocycles. The van der Waals surface area contributed by atoms with Gasteiger partial charge in [0, 0.05) is 44.2 Å². The normalized spacial score (nSPS) is 26.8. The van der Waals surface area contributed by atoms with Gasteiger partial charge in [0.15, 0.2) is 0 Å². The molecule has 164 valence electrons. The molecule has 2 amide bonds. The Balaban J connectivity index is 1.39. The summed E-state index contributed by atoms with van der Waals surface area (Å²) in [4.78, 5) is 35.0. The predicted molar refractivity (Wildman–Crippen MR) is 119 cm³/mol. The molecule has 1 aromatic heterocycles. The van der Waals surface area contributed by atoms with E-state index in [1.807, 2.05) is 41.3 Å². The van der Waals surface area contributed by atoms with Crippen molar-refractivity contribution in [1.82, 2.24) is 15.2 Å². The number of nitrogens with one attached hydrogen (secondary N) is 1. The van der Waals surface area contributed by atoms with Crippen LogP contribution in [0.2, 0.25) is 0 Å². The van der Waals surface area contributed by atoms with Crippen molar-refractivity contribution in [3.8, 4) is 6.07 Å². The van der Waals surface area contributed by atoms with E-state index in [1.54, 1.807) is 12.3 Å². The first-order valence-corrected chi connectivity index (χ1v) is 11.4. The van der Waals surface area contributed by atoms with Gasteiger partial charge in [0.25, 0.3) is 0 Å². The van der Waals surface area contributed by atoms with Gasteiger partial charge in [0.05, 0.1) is 5.56 Å². The van der Waals surface area contributed by atoms with Crippen molar-refractivity contribution < 1.29 is 9.59 Å². The van der Waals surface area contributed by atoms with Crippen LogP contribution in [0.15, 0.2) is 48.7 Å². The highest BCUT2D eigenvalue weighted by atomic mass is 16.2. The molecule has 3 aliphatic rings. The van der Waals surface area contributed by atoms with Crippen molar-refractivity contribution in [1.29, 1.82) is 5.26 Å². The second kappa shape index (κ2) is 8.62. The number of carbonyl (C=O) groups is 2. The van der Waals surface area contributed by atoms with E-state index < -0.39 is 6.04 Å². The molecular weight excluding hydrogens is 402 g/mol. The van der Waals surface area contributed by atoms with Crippen molar-refractivity contribution in [3.05, 3.63) is 59.8 Å². The molecule has 7 nitrogen and oxygen atoms in total. The lowest BCUT2D eigenvalue weighted by atomic mass is 9.71. The maximum atomic E-state index is 13.4. The van der Waals surface area contributed by atoms with Crippen LogP contribution in [0.5, 0.6) is 0 Å². The van der Waals surface area contributed by atoms with E-state index >= 15 is 0 Å². The summed E-state index contributed by atoms with van der Waals surface area (Å²) >= 11 is 0. The highest BCUT2D eigenvalue weighted by Gasteiger charge is 2.52. The number of amides is 2. The van der Waals surface area contributed by atoms with E-state index in [-0.39, 0.29) is 23.8 Å². The van der Waals surface area contributed by atoms with Gasteiger partial charge in [-0.1, -0.05) is 30.3 Å². The van der Waals surface area contributed by atoms with Gasteiger partial charge in [0.2, 0.25) is 11.8 Å². The Labute approximate surface area is 188 Å². The lowest BCUT2D eigenvalue weighted by Crippen LogP contribution is -2.68. The van der Waals surface area contributed by atoms with Crippen LogP contribution in [0.4, 0.5) is 5.82 Å². The van der Waals surface area contributed by atoms with Gasteiger partial charge in [-0.2, -0.15) is 5.26 Å². The fourth-order valence-electron chi connectivity index (χ4n) is 5.71. The molecule has 3 fully saturated rings. The van der Waals surface area contributed by atoms with E-state index in [2.05, 4.69) is 21.3 Å². The summed E-state index contributed by atoms with van der Waals surface area (Å²) < 4.78 is 0. The van der Waals surface area contributed by atoms with Crippen molar-refractivity contribution >= 4 is 17.6 Å². The lowest BCUT2D eigenvalue weighted by Gasteiger charge is -2.56. The molecule has 3 saturated heterocycles. The van der Waals surface area contributed by atoms with E-state index in [0.29, 0.717) is 31.0 Å². The molecule has 0 unspecified atom stereocenters. The van der Waals surface area contributed by atoms with E-state index in [4.69, 9.17) is 5.26 Å². The quantitative estimate of drug-likeness (QED) is 0.807. The minimum absolute atomic E-state index is 0.0558. The number of hydrogen-bond donors (Lipinski definition) is 1. The van der Waals surface area contributed by atoms with Crippen LogP contribution in [0.25, 0.3) is 0 Å². The van der Waals surface area contributed by atoms with E-state index in [0.717, 1.165) is 37.2 Å². The molecule has 2 bridgehead atoms. The molecule has 32 heavy (non-hydrogen) atoms. The number of rotatable bonds is 4. The first kappa shape index (κ1) is 20.5. The third-order valence-electron chi connectivity index (χ3n) is 7.12. The van der Waals surface area contributed by atoms with Crippen LogP contribution < -0.4 is 10.2 Å². The molecule has 1 N–H and O–H groups in total. The Morgan fingerprint density at radius 3 is 2.72 bits per heavy atom. The molecule has 7 heteroatoms. The van der Waals surface area contributed by atoms with Crippen LogP contribution >= 0.6 is 0 Å². The molecular formula is C25H27N5O2. The zero-order valence-electron chi connectivity index (χ0n) is 18.0. The SMILES string of the molecule is N#Cc1ccc(N2C[C@H]3C[C@@H](C2)[C@H](C(=O)NCc2ccccc2)N2C(=O)CCC[C@@H]32)nc1. The van der Waals surface area contributed by atoms with Gasteiger partial charge in [-0.3, -0.25) is 9.59 Å². The molecule has 5 rings (SSSR count). The monoisotopic (exact) mass is 429 g/mol. The Kier molecular flexibility index (Phi) is 5.52. The largest absolute Gasteiger partial charge is 0.356 e. The highest BCUT2D eigenvalue weighted by Crippen LogP contribution is 2.42. The highest BCUT2D eigenvalue weighted by molar-refractivity contribution is 5.89. The lowest BCUT2D eigenvalue weighted by molar-refractivity contribution is -0.156. The third-order valence-corrected chi connectivity index (χ3v) is 7.12. The molecule has 0 aliphatic carbocycles. The Bertz CT molecular complexity index is 1030. The zero-order chi connectivity index (χ0) is 22.1. The number of carbonyl (C=O) groups excluding carboxylic acids is 2. The van der Waals surface area contributed by atoms with Crippen LogP contribution in [0.1, 0.15) is 36.8 Å². The Morgan fingerprint density at radius 2 is 1.97 bits per heavy atom. The Hall–Kier alpha value is -3.40. The summed E-state index contributed by atoms with van der Waals surface area (Å²) in [6, 6.07) is 15.3. The zero-order valence-corrected chi connectivity index (χ0v) is 18.0. The van der Waals surface area contributed by atoms with Crippen molar-refractivity contribution in [2.45, 2.75) is 44.3 Å². The molecule has 4 atom stereocenters.